The SMILES string of the molecule is CCCC[C@@H](NC(=O)[C@@H]1[C@@H]2[C@H](CN1C(=O)[C@@H](NC(=O)NC1(CS(=O)(=O)C(C)(C)C)CCCCC1)C1(C)CCCCC1)C2(C)C)C(=O)C(=O)NCC. The summed E-state index contributed by atoms with van der Waals surface area (Å²) >= 11 is 0. The maximum absolute atomic E-state index is 14.9. The molecule has 4 aliphatic rings. The number of piperidine rings is 1. The van der Waals surface area contributed by atoms with Gasteiger partial charge in [0.2, 0.25) is 17.6 Å². The second kappa shape index (κ2) is 15.7. The van der Waals surface area contributed by atoms with Gasteiger partial charge in [0.05, 0.1) is 22.1 Å². The Kier molecular flexibility index (Phi) is 12.7. The van der Waals surface area contributed by atoms with Crippen LogP contribution in [0.1, 0.15) is 139 Å². The standard InChI is InChI=1S/C38H65N5O7S/c1-9-11-18-26(29(44)32(46)39-10-2)40-31(45)28-27-25(36(27,6)7)23-43(28)33(47)30(37(8)19-14-12-15-20-37)41-34(48)42-38(21-16-13-17-22-38)24-51(49,50)35(3,4)5/h25-28,30H,9-24H2,1-8H3,(H,39,46)(H,40,45)(H2,41,42,48)/t25-,26+,27-,28-,30+/m0/s1. The van der Waals surface area contributed by atoms with E-state index in [1.54, 1.807) is 32.6 Å². The highest BCUT2D eigenvalue weighted by Crippen LogP contribution is 2.65. The molecule has 4 rings (SSSR count). The first-order valence-electron chi connectivity index (χ1n) is 19.5. The summed E-state index contributed by atoms with van der Waals surface area (Å²) < 4.78 is 25.9. The molecule has 0 aromatic carbocycles. The minimum atomic E-state index is -3.56. The molecule has 0 aromatic rings. The second-order valence-corrected chi connectivity index (χ2v) is 20.5. The average molecular weight is 736 g/mol. The van der Waals surface area contributed by atoms with Crippen molar-refractivity contribution in [1.82, 2.24) is 26.2 Å². The van der Waals surface area contributed by atoms with Crippen LogP contribution in [0.25, 0.3) is 0 Å². The molecule has 0 radical (unpaired) electrons. The minimum Gasteiger partial charge on any atom is -0.350 e. The van der Waals surface area contributed by atoms with E-state index in [1.165, 1.54) is 0 Å². The summed E-state index contributed by atoms with van der Waals surface area (Å²) in [7, 11) is -3.56. The molecular weight excluding hydrogens is 671 g/mol. The highest BCUT2D eigenvalue weighted by atomic mass is 32.2. The fourth-order valence-electron chi connectivity index (χ4n) is 9.02. The third kappa shape index (κ3) is 8.92. The highest BCUT2D eigenvalue weighted by molar-refractivity contribution is 7.92. The molecule has 5 amide bonds. The predicted molar refractivity (Wildman–Crippen MR) is 197 cm³/mol. The molecule has 13 heteroatoms. The molecule has 51 heavy (non-hydrogen) atoms. The maximum Gasteiger partial charge on any atom is 0.315 e. The molecule has 0 spiro atoms. The van der Waals surface area contributed by atoms with Crippen molar-refractivity contribution in [2.45, 2.75) is 167 Å². The Morgan fingerprint density at radius 1 is 0.863 bits per heavy atom. The van der Waals surface area contributed by atoms with Crippen molar-refractivity contribution >= 4 is 39.4 Å². The van der Waals surface area contributed by atoms with Crippen LogP contribution in [0, 0.1) is 22.7 Å². The van der Waals surface area contributed by atoms with Crippen LogP contribution in [-0.2, 0) is 29.0 Å². The molecule has 1 aliphatic heterocycles. The summed E-state index contributed by atoms with van der Waals surface area (Å²) in [5, 5.41) is 11.6. The number of carbonyl (C=O) groups is 5. The molecule has 5 atom stereocenters. The van der Waals surface area contributed by atoms with E-state index in [0.717, 1.165) is 57.8 Å². The molecule has 3 saturated carbocycles. The van der Waals surface area contributed by atoms with Crippen LogP contribution in [0.5, 0.6) is 0 Å². The Balaban J connectivity index is 1.62. The fourth-order valence-corrected chi connectivity index (χ4v) is 10.5. The Morgan fingerprint density at radius 3 is 2.00 bits per heavy atom. The number of carbonyl (C=O) groups excluding carboxylic acids is 5. The van der Waals surface area contributed by atoms with Crippen molar-refractivity contribution in [3.63, 3.8) is 0 Å². The van der Waals surface area contributed by atoms with Crippen molar-refractivity contribution in [1.29, 1.82) is 0 Å². The third-order valence-corrected chi connectivity index (χ3v) is 15.4. The monoisotopic (exact) mass is 735 g/mol. The van der Waals surface area contributed by atoms with E-state index in [-0.39, 0.29) is 35.5 Å². The Hall–Kier alpha value is -2.70. The van der Waals surface area contributed by atoms with Crippen molar-refractivity contribution in [2.24, 2.45) is 22.7 Å². The number of amides is 5. The molecule has 3 aliphatic carbocycles. The molecular formula is C38H65N5O7S. The number of nitrogens with zero attached hydrogens (tertiary/aromatic N) is 1. The van der Waals surface area contributed by atoms with E-state index in [1.807, 2.05) is 13.8 Å². The summed E-state index contributed by atoms with van der Waals surface area (Å²) in [6.45, 7) is 15.5. The minimum absolute atomic E-state index is 0.0761. The van der Waals surface area contributed by atoms with Crippen LogP contribution in [0.3, 0.4) is 0 Å². The van der Waals surface area contributed by atoms with Gasteiger partial charge < -0.3 is 26.2 Å². The van der Waals surface area contributed by atoms with Crippen molar-refractivity contribution in [3.05, 3.63) is 0 Å². The first-order valence-corrected chi connectivity index (χ1v) is 21.1. The summed E-state index contributed by atoms with van der Waals surface area (Å²) in [5.74, 6) is -2.45. The number of likely N-dealkylation sites (tertiary alicyclic amines) is 1. The average Bonchev–Trinajstić information content (AvgIpc) is 3.36. The quantitative estimate of drug-likeness (QED) is 0.192. The highest BCUT2D eigenvalue weighted by Gasteiger charge is 2.70. The zero-order valence-electron chi connectivity index (χ0n) is 32.4. The van der Waals surface area contributed by atoms with Gasteiger partial charge in [-0.05, 0) is 82.5 Å². The van der Waals surface area contributed by atoms with Gasteiger partial charge in [0, 0.05) is 13.1 Å². The van der Waals surface area contributed by atoms with Gasteiger partial charge in [-0.15, -0.1) is 0 Å². The van der Waals surface area contributed by atoms with Crippen molar-refractivity contribution < 1.29 is 32.4 Å². The largest absolute Gasteiger partial charge is 0.350 e. The van der Waals surface area contributed by atoms with Crippen LogP contribution in [-0.4, -0.2) is 90.1 Å². The van der Waals surface area contributed by atoms with Crippen LogP contribution in [0.15, 0.2) is 0 Å². The lowest BCUT2D eigenvalue weighted by Gasteiger charge is -2.44. The zero-order valence-corrected chi connectivity index (χ0v) is 33.2. The zero-order chi connectivity index (χ0) is 38.0. The molecule has 4 N–H and O–H groups in total. The Morgan fingerprint density at radius 2 is 1.45 bits per heavy atom. The van der Waals surface area contributed by atoms with Gasteiger partial charge in [-0.3, -0.25) is 19.2 Å². The molecule has 0 aromatic heterocycles. The lowest BCUT2D eigenvalue weighted by atomic mass is 9.70. The number of unbranched alkanes of at least 4 members (excludes halogenated alkanes) is 1. The van der Waals surface area contributed by atoms with Crippen molar-refractivity contribution in [2.75, 3.05) is 18.8 Å². The van der Waals surface area contributed by atoms with E-state index in [0.29, 0.717) is 32.2 Å². The Labute approximate surface area is 306 Å². The maximum atomic E-state index is 14.9. The summed E-state index contributed by atoms with van der Waals surface area (Å²) in [6.07, 6.45) is 9.62. The van der Waals surface area contributed by atoms with Gasteiger partial charge in [0.15, 0.2) is 9.84 Å². The normalized spacial score (nSPS) is 26.2. The van der Waals surface area contributed by atoms with Gasteiger partial charge >= 0.3 is 6.03 Å². The number of sulfone groups is 1. The number of fused-ring (bicyclic) bond motifs is 1. The number of hydrogen-bond donors (Lipinski definition) is 4. The fraction of sp³-hybridized carbons (Fsp3) is 0.868. The topological polar surface area (TPSA) is 171 Å². The molecule has 0 unspecified atom stereocenters. The summed E-state index contributed by atoms with van der Waals surface area (Å²) in [4.78, 5) is 70.4. The molecule has 1 heterocycles. The van der Waals surface area contributed by atoms with E-state index in [4.69, 9.17) is 0 Å². The number of ketones is 1. The lowest BCUT2D eigenvalue weighted by molar-refractivity contribution is -0.146. The second-order valence-electron chi connectivity index (χ2n) is 17.8. The number of likely N-dealkylation sites (N-methyl/N-ethyl adjacent to an activating group) is 1. The van der Waals surface area contributed by atoms with Gasteiger partial charge in [-0.2, -0.15) is 0 Å². The van der Waals surface area contributed by atoms with Crippen LogP contribution in [0.4, 0.5) is 4.79 Å². The van der Waals surface area contributed by atoms with E-state index in [2.05, 4.69) is 35.1 Å². The first-order chi connectivity index (χ1) is 23.7. The van der Waals surface area contributed by atoms with Crippen LogP contribution >= 0.6 is 0 Å². The van der Waals surface area contributed by atoms with E-state index >= 15 is 0 Å². The van der Waals surface area contributed by atoms with E-state index in [9.17, 15) is 32.4 Å². The molecule has 1 saturated heterocycles. The van der Waals surface area contributed by atoms with Gasteiger partial charge in [-0.25, -0.2) is 13.2 Å². The first kappa shape index (κ1) is 41.1. The van der Waals surface area contributed by atoms with Gasteiger partial charge in [0.25, 0.3) is 5.91 Å². The molecule has 290 valence electrons. The lowest BCUT2D eigenvalue weighted by Crippen LogP contribution is -2.65. The number of nitrogens with one attached hydrogen (secondary N) is 4. The Bertz CT molecular complexity index is 1430. The third-order valence-electron chi connectivity index (χ3n) is 12.6. The van der Waals surface area contributed by atoms with Gasteiger partial charge in [-0.1, -0.05) is 79.1 Å². The van der Waals surface area contributed by atoms with Crippen molar-refractivity contribution in [3.8, 4) is 0 Å². The van der Waals surface area contributed by atoms with Gasteiger partial charge in [0.1, 0.15) is 12.1 Å². The molecule has 0 bridgehead atoms. The number of urea groups is 1. The smallest absolute Gasteiger partial charge is 0.315 e. The van der Waals surface area contributed by atoms with Crippen LogP contribution < -0.4 is 21.3 Å². The van der Waals surface area contributed by atoms with Crippen LogP contribution in [0.2, 0.25) is 0 Å². The molecule has 12 nitrogen and oxygen atoms in total. The van der Waals surface area contributed by atoms with E-state index < -0.39 is 67.3 Å². The summed E-state index contributed by atoms with van der Waals surface area (Å²) in [6, 6.07) is -3.37. The number of hydrogen-bond acceptors (Lipinski definition) is 7. The number of Topliss-reactive ketones (excluding diaryl/α,β-unsaturated/α-hetero) is 1. The summed E-state index contributed by atoms with van der Waals surface area (Å²) in [5.41, 5.74) is -1.71. The number of rotatable bonds is 14. The molecule has 4 fully saturated rings. The predicted octanol–water partition coefficient (Wildman–Crippen LogP) is 4.40.